The van der Waals surface area contributed by atoms with Crippen LogP contribution in [0.25, 0.3) is 0 Å². The van der Waals surface area contributed by atoms with Crippen LogP contribution in [0.15, 0.2) is 67.3 Å². The van der Waals surface area contributed by atoms with Crippen molar-refractivity contribution < 1.29 is 4.79 Å². The van der Waals surface area contributed by atoms with Crippen LogP contribution in [0.5, 0.6) is 0 Å². The zero-order valence-electron chi connectivity index (χ0n) is 11.5. The normalized spacial score (nSPS) is 11.0. The zero-order chi connectivity index (χ0) is 13.9. The molecule has 0 radical (unpaired) electrons. The van der Waals surface area contributed by atoms with Crippen LogP contribution in [0.2, 0.25) is 0 Å². The van der Waals surface area contributed by atoms with Crippen molar-refractivity contribution in [2.45, 2.75) is 13.3 Å². The van der Waals surface area contributed by atoms with E-state index in [1.807, 2.05) is 37.3 Å². The predicted octanol–water partition coefficient (Wildman–Crippen LogP) is 3.38. The van der Waals surface area contributed by atoms with Gasteiger partial charge >= 0.3 is 0 Å². The van der Waals surface area contributed by atoms with Crippen LogP contribution in [-0.4, -0.2) is 23.9 Å². The molecule has 0 unspecified atom stereocenters. The summed E-state index contributed by atoms with van der Waals surface area (Å²) in [5.41, 5.74) is 1.24. The number of nitrogens with zero attached hydrogens (tertiary/aromatic N) is 1. The average Bonchev–Trinajstić information content (AvgIpc) is 2.44. The molecular formula is C17H21NO. The number of hydrogen-bond acceptors (Lipinski definition) is 1. The topological polar surface area (TPSA) is 20.3 Å². The lowest BCUT2D eigenvalue weighted by molar-refractivity contribution is -0.125. The van der Waals surface area contributed by atoms with E-state index in [1.165, 1.54) is 5.56 Å². The number of rotatable bonds is 7. The first-order chi connectivity index (χ1) is 9.27. The summed E-state index contributed by atoms with van der Waals surface area (Å²) in [5.74, 6) is 0.0222. The van der Waals surface area contributed by atoms with Crippen LogP contribution in [-0.2, 0) is 11.2 Å². The largest absolute Gasteiger partial charge is 0.335 e. The molecule has 0 fully saturated rings. The van der Waals surface area contributed by atoms with Gasteiger partial charge in [0.15, 0.2) is 0 Å². The third-order valence-corrected chi connectivity index (χ3v) is 2.72. The molecule has 0 saturated heterocycles. The van der Waals surface area contributed by atoms with E-state index in [1.54, 1.807) is 23.1 Å². The first kappa shape index (κ1) is 15.0. The Hall–Kier alpha value is -2.09. The quantitative estimate of drug-likeness (QED) is 0.415. The lowest BCUT2D eigenvalue weighted by Crippen LogP contribution is -2.31. The molecule has 1 amide bonds. The first-order valence-corrected chi connectivity index (χ1v) is 6.51. The molecule has 0 bridgehead atoms. The highest BCUT2D eigenvalue weighted by molar-refractivity contribution is 5.88. The molecule has 19 heavy (non-hydrogen) atoms. The average molecular weight is 255 g/mol. The smallest absolute Gasteiger partial charge is 0.246 e. The summed E-state index contributed by atoms with van der Waals surface area (Å²) in [6.07, 6.45) is 9.71. The van der Waals surface area contributed by atoms with Gasteiger partial charge in [0.1, 0.15) is 0 Å². The molecule has 0 atom stereocenters. The molecule has 0 heterocycles. The fourth-order valence-corrected chi connectivity index (χ4v) is 1.71. The van der Waals surface area contributed by atoms with E-state index in [0.717, 1.165) is 6.42 Å². The summed E-state index contributed by atoms with van der Waals surface area (Å²) in [7, 11) is 0. The second kappa shape index (κ2) is 8.92. The maximum absolute atomic E-state index is 12.0. The Morgan fingerprint density at radius 2 is 2.00 bits per heavy atom. The number of hydrogen-bond donors (Lipinski definition) is 0. The van der Waals surface area contributed by atoms with Crippen LogP contribution in [0.4, 0.5) is 0 Å². The van der Waals surface area contributed by atoms with E-state index in [2.05, 4.69) is 18.7 Å². The van der Waals surface area contributed by atoms with Gasteiger partial charge in [-0.25, -0.2) is 0 Å². The predicted molar refractivity (Wildman–Crippen MR) is 80.9 cm³/mol. The van der Waals surface area contributed by atoms with Crippen molar-refractivity contribution in [3.8, 4) is 0 Å². The van der Waals surface area contributed by atoms with Gasteiger partial charge < -0.3 is 4.90 Å². The monoisotopic (exact) mass is 255 g/mol. The molecule has 0 aliphatic heterocycles. The highest BCUT2D eigenvalue weighted by Gasteiger charge is 2.08. The van der Waals surface area contributed by atoms with Gasteiger partial charge in [-0.2, -0.15) is 0 Å². The van der Waals surface area contributed by atoms with Gasteiger partial charge in [0, 0.05) is 19.2 Å². The number of benzene rings is 1. The van der Waals surface area contributed by atoms with Crippen molar-refractivity contribution >= 4 is 5.91 Å². The van der Waals surface area contributed by atoms with E-state index in [0.29, 0.717) is 13.1 Å². The summed E-state index contributed by atoms with van der Waals surface area (Å²) < 4.78 is 0. The van der Waals surface area contributed by atoms with Gasteiger partial charge in [0.25, 0.3) is 0 Å². The van der Waals surface area contributed by atoms with Crippen molar-refractivity contribution in [1.82, 2.24) is 4.90 Å². The number of carbonyl (C=O) groups is 1. The van der Waals surface area contributed by atoms with Gasteiger partial charge in [0.2, 0.25) is 5.91 Å². The lowest BCUT2D eigenvalue weighted by Gasteiger charge is -2.19. The molecule has 1 aromatic carbocycles. The van der Waals surface area contributed by atoms with E-state index < -0.39 is 0 Å². The summed E-state index contributed by atoms with van der Waals surface area (Å²) in [5, 5.41) is 0. The van der Waals surface area contributed by atoms with Crippen LogP contribution in [0, 0.1) is 0 Å². The van der Waals surface area contributed by atoms with Crippen molar-refractivity contribution in [3.63, 3.8) is 0 Å². The Balaban J connectivity index is 2.57. The number of amides is 1. The summed E-state index contributed by atoms with van der Waals surface area (Å²) >= 11 is 0. The van der Waals surface area contributed by atoms with Crippen molar-refractivity contribution in [1.29, 1.82) is 0 Å². The lowest BCUT2D eigenvalue weighted by atomic mass is 10.1. The minimum Gasteiger partial charge on any atom is -0.335 e. The van der Waals surface area contributed by atoms with Gasteiger partial charge in [0.05, 0.1) is 0 Å². The maximum atomic E-state index is 12.0. The third kappa shape index (κ3) is 5.87. The van der Waals surface area contributed by atoms with Crippen LogP contribution < -0.4 is 0 Å². The Bertz CT molecular complexity index is 446. The summed E-state index contributed by atoms with van der Waals surface area (Å²) in [6, 6.07) is 10.2. The fraction of sp³-hybridized carbons (Fsp3) is 0.235. The minimum absolute atomic E-state index is 0.0222. The molecule has 2 heteroatoms. The van der Waals surface area contributed by atoms with E-state index in [9.17, 15) is 4.79 Å². The Morgan fingerprint density at radius 1 is 1.26 bits per heavy atom. The van der Waals surface area contributed by atoms with Gasteiger partial charge in [-0.3, -0.25) is 4.79 Å². The fourth-order valence-electron chi connectivity index (χ4n) is 1.71. The summed E-state index contributed by atoms with van der Waals surface area (Å²) in [6.45, 7) is 6.90. The van der Waals surface area contributed by atoms with Gasteiger partial charge in [-0.05, 0) is 18.9 Å². The highest BCUT2D eigenvalue weighted by Crippen LogP contribution is 2.02. The summed E-state index contributed by atoms with van der Waals surface area (Å²) in [4.78, 5) is 13.8. The third-order valence-electron chi connectivity index (χ3n) is 2.72. The molecule has 0 N–H and O–H groups in total. The molecule has 0 aliphatic carbocycles. The number of allylic oxidation sites excluding steroid dienone is 3. The molecule has 1 rings (SSSR count). The van der Waals surface area contributed by atoms with Crippen molar-refractivity contribution in [2.75, 3.05) is 13.1 Å². The second-order valence-corrected chi connectivity index (χ2v) is 4.19. The zero-order valence-corrected chi connectivity index (χ0v) is 11.5. The minimum atomic E-state index is 0.0222. The Kier molecular flexibility index (Phi) is 7.03. The first-order valence-electron chi connectivity index (χ1n) is 6.51. The molecule has 2 nitrogen and oxygen atoms in total. The highest BCUT2D eigenvalue weighted by atomic mass is 16.2. The Morgan fingerprint density at radius 3 is 2.63 bits per heavy atom. The molecule has 0 aliphatic rings. The van der Waals surface area contributed by atoms with E-state index in [-0.39, 0.29) is 5.91 Å². The molecule has 0 aromatic heterocycles. The molecular weight excluding hydrogens is 234 g/mol. The standard InChI is InChI=1S/C17H21NO/c1-3-5-7-12-17(19)18(14-4-2)15-13-16-10-8-6-9-11-16/h3-12H,2,13-15H2,1H3/b5-3+,12-7+. The van der Waals surface area contributed by atoms with Crippen molar-refractivity contribution in [2.24, 2.45) is 0 Å². The van der Waals surface area contributed by atoms with Crippen molar-refractivity contribution in [3.05, 3.63) is 72.9 Å². The Labute approximate surface area is 115 Å². The molecule has 1 aromatic rings. The second-order valence-electron chi connectivity index (χ2n) is 4.19. The maximum Gasteiger partial charge on any atom is 0.246 e. The number of carbonyl (C=O) groups excluding carboxylic acids is 1. The molecule has 0 saturated carbocycles. The van der Waals surface area contributed by atoms with Crippen LogP contribution >= 0.6 is 0 Å². The van der Waals surface area contributed by atoms with E-state index in [4.69, 9.17) is 0 Å². The van der Waals surface area contributed by atoms with Gasteiger partial charge in [-0.15, -0.1) is 6.58 Å². The van der Waals surface area contributed by atoms with Crippen LogP contribution in [0.1, 0.15) is 12.5 Å². The molecule has 0 spiro atoms. The SMILES string of the molecule is C=CCN(CCc1ccccc1)C(=O)/C=C/C=C/C. The van der Waals surface area contributed by atoms with Gasteiger partial charge in [-0.1, -0.05) is 54.6 Å². The van der Waals surface area contributed by atoms with E-state index >= 15 is 0 Å². The molecule has 100 valence electrons. The van der Waals surface area contributed by atoms with Crippen LogP contribution in [0.3, 0.4) is 0 Å².